The Morgan fingerprint density at radius 2 is 2.00 bits per heavy atom. The van der Waals surface area contributed by atoms with Gasteiger partial charge >= 0.3 is 0 Å². The van der Waals surface area contributed by atoms with Gasteiger partial charge in [0.15, 0.2) is 0 Å². The fraction of sp³-hybridized carbons (Fsp3) is 0.231. The molecule has 2 aromatic rings. The predicted molar refractivity (Wildman–Crippen MR) is 77.1 cm³/mol. The molecule has 0 aliphatic heterocycles. The van der Waals surface area contributed by atoms with Crippen molar-refractivity contribution in [1.82, 2.24) is 15.4 Å². The number of rotatable bonds is 6. The summed E-state index contributed by atoms with van der Waals surface area (Å²) in [5.74, 6) is 2.10. The number of aromatic nitrogens is 2. The van der Waals surface area contributed by atoms with Crippen LogP contribution in [-0.2, 0) is 6.54 Å². The third-order valence-corrected chi connectivity index (χ3v) is 2.83. The number of hydrazine groups is 1. The van der Waals surface area contributed by atoms with Crippen LogP contribution >= 0.6 is 11.6 Å². The van der Waals surface area contributed by atoms with Crippen molar-refractivity contribution in [3.63, 3.8) is 0 Å². The highest BCUT2D eigenvalue weighted by molar-refractivity contribution is 6.29. The number of methoxy groups -OCH3 is 2. The van der Waals surface area contributed by atoms with E-state index in [2.05, 4.69) is 20.8 Å². The number of hydrogen-bond acceptors (Lipinski definition) is 6. The number of nitrogens with one attached hydrogen (secondary N) is 2. The van der Waals surface area contributed by atoms with Gasteiger partial charge in [0.05, 0.1) is 14.2 Å². The zero-order valence-corrected chi connectivity index (χ0v) is 11.9. The second-order valence-corrected chi connectivity index (χ2v) is 4.27. The second kappa shape index (κ2) is 6.93. The van der Waals surface area contributed by atoms with Crippen molar-refractivity contribution in [1.29, 1.82) is 0 Å². The number of ether oxygens (including phenoxy) is 2. The van der Waals surface area contributed by atoms with E-state index >= 15 is 0 Å². The van der Waals surface area contributed by atoms with E-state index in [9.17, 15) is 0 Å². The van der Waals surface area contributed by atoms with Crippen LogP contribution in [0, 0.1) is 0 Å². The maximum Gasteiger partial charge on any atom is 0.145 e. The molecule has 7 heteroatoms. The number of benzene rings is 1. The van der Waals surface area contributed by atoms with Crippen LogP contribution in [0.3, 0.4) is 0 Å². The van der Waals surface area contributed by atoms with Crippen molar-refractivity contribution in [2.24, 2.45) is 0 Å². The first-order valence-corrected chi connectivity index (χ1v) is 6.28. The molecule has 106 valence electrons. The van der Waals surface area contributed by atoms with E-state index in [1.165, 1.54) is 6.33 Å². The molecule has 0 aliphatic rings. The highest BCUT2D eigenvalue weighted by Gasteiger charge is 2.04. The molecular formula is C13H15ClN4O2. The molecule has 1 aromatic carbocycles. The molecule has 0 saturated carbocycles. The van der Waals surface area contributed by atoms with Crippen LogP contribution in [0.25, 0.3) is 0 Å². The zero-order valence-electron chi connectivity index (χ0n) is 11.2. The molecule has 20 heavy (non-hydrogen) atoms. The summed E-state index contributed by atoms with van der Waals surface area (Å²) in [6.07, 6.45) is 1.39. The summed E-state index contributed by atoms with van der Waals surface area (Å²) in [4.78, 5) is 7.83. The topological polar surface area (TPSA) is 68.3 Å². The van der Waals surface area contributed by atoms with Gasteiger partial charge in [-0.25, -0.2) is 15.4 Å². The number of hydrogen-bond donors (Lipinski definition) is 2. The molecule has 0 bridgehead atoms. The average Bonchev–Trinajstić information content (AvgIpc) is 2.47. The summed E-state index contributed by atoms with van der Waals surface area (Å²) in [6.45, 7) is 0.550. The molecule has 0 amide bonds. The Kier molecular flexibility index (Phi) is 4.97. The predicted octanol–water partition coefficient (Wildman–Crippen LogP) is 2.26. The van der Waals surface area contributed by atoms with Gasteiger partial charge in [0.1, 0.15) is 28.8 Å². The number of halogens is 1. The molecule has 0 aliphatic carbocycles. The first-order chi connectivity index (χ1) is 9.72. The monoisotopic (exact) mass is 294 g/mol. The smallest absolute Gasteiger partial charge is 0.145 e. The SMILES string of the molecule is COc1ccc(CNNc2cc(Cl)ncn2)c(OC)c1. The Bertz CT molecular complexity index is 580. The van der Waals surface area contributed by atoms with Crippen LogP contribution in [-0.4, -0.2) is 24.2 Å². The molecule has 6 nitrogen and oxygen atoms in total. The zero-order chi connectivity index (χ0) is 14.4. The summed E-state index contributed by atoms with van der Waals surface area (Å²) < 4.78 is 10.5. The first kappa shape index (κ1) is 14.4. The van der Waals surface area contributed by atoms with E-state index in [0.717, 1.165) is 17.1 Å². The molecular weight excluding hydrogens is 280 g/mol. The molecule has 1 heterocycles. The van der Waals surface area contributed by atoms with Crippen molar-refractivity contribution >= 4 is 17.4 Å². The van der Waals surface area contributed by atoms with Crippen molar-refractivity contribution in [3.05, 3.63) is 41.3 Å². The fourth-order valence-electron chi connectivity index (χ4n) is 1.63. The standard InChI is InChI=1S/C13H15ClN4O2/c1-19-10-4-3-9(11(5-10)20-2)7-17-18-13-6-12(14)15-8-16-13/h3-6,8,17H,7H2,1-2H3,(H,15,16,18). The summed E-state index contributed by atoms with van der Waals surface area (Å²) in [6, 6.07) is 7.26. The minimum atomic E-state index is 0.381. The minimum Gasteiger partial charge on any atom is -0.497 e. The lowest BCUT2D eigenvalue weighted by molar-refractivity contribution is 0.390. The third kappa shape index (κ3) is 3.72. The Hall–Kier alpha value is -2.05. The van der Waals surface area contributed by atoms with Gasteiger partial charge in [-0.15, -0.1) is 0 Å². The highest BCUT2D eigenvalue weighted by Crippen LogP contribution is 2.24. The van der Waals surface area contributed by atoms with Crippen molar-refractivity contribution in [2.45, 2.75) is 6.54 Å². The van der Waals surface area contributed by atoms with Gasteiger partial charge in [-0.1, -0.05) is 17.7 Å². The quantitative estimate of drug-likeness (QED) is 0.629. The maximum atomic E-state index is 5.77. The average molecular weight is 295 g/mol. The lowest BCUT2D eigenvalue weighted by Crippen LogP contribution is -2.22. The van der Waals surface area contributed by atoms with E-state index in [4.69, 9.17) is 21.1 Å². The highest BCUT2D eigenvalue weighted by atomic mass is 35.5. The van der Waals surface area contributed by atoms with E-state index in [1.54, 1.807) is 20.3 Å². The lowest BCUT2D eigenvalue weighted by Gasteiger charge is -2.12. The third-order valence-electron chi connectivity index (χ3n) is 2.62. The van der Waals surface area contributed by atoms with Gasteiger partial charge in [-0.05, 0) is 6.07 Å². The summed E-state index contributed by atoms with van der Waals surface area (Å²) >= 11 is 5.77. The summed E-state index contributed by atoms with van der Waals surface area (Å²) in [5, 5.41) is 0.381. The van der Waals surface area contributed by atoms with Gasteiger partial charge < -0.3 is 14.9 Å². The van der Waals surface area contributed by atoms with Gasteiger partial charge in [-0.3, -0.25) is 0 Å². The Balaban J connectivity index is 1.97. The molecule has 0 fully saturated rings. The fourth-order valence-corrected chi connectivity index (χ4v) is 1.78. The van der Waals surface area contributed by atoms with Crippen LogP contribution in [0.15, 0.2) is 30.6 Å². The van der Waals surface area contributed by atoms with E-state index in [0.29, 0.717) is 17.5 Å². The second-order valence-electron chi connectivity index (χ2n) is 3.88. The summed E-state index contributed by atoms with van der Waals surface area (Å²) in [7, 11) is 3.24. The molecule has 0 atom stereocenters. The van der Waals surface area contributed by atoms with Crippen molar-refractivity contribution in [2.75, 3.05) is 19.6 Å². The first-order valence-electron chi connectivity index (χ1n) is 5.90. The maximum absolute atomic E-state index is 5.77. The lowest BCUT2D eigenvalue weighted by atomic mass is 10.2. The van der Waals surface area contributed by atoms with Crippen LogP contribution in [0.2, 0.25) is 5.15 Å². The Morgan fingerprint density at radius 3 is 2.70 bits per heavy atom. The minimum absolute atomic E-state index is 0.381. The molecule has 0 radical (unpaired) electrons. The van der Waals surface area contributed by atoms with Crippen LogP contribution in [0.5, 0.6) is 11.5 Å². The van der Waals surface area contributed by atoms with Crippen LogP contribution in [0.4, 0.5) is 5.82 Å². The van der Waals surface area contributed by atoms with Crippen LogP contribution < -0.4 is 20.3 Å². The van der Waals surface area contributed by atoms with Crippen molar-refractivity contribution in [3.8, 4) is 11.5 Å². The Morgan fingerprint density at radius 1 is 1.15 bits per heavy atom. The normalized spacial score (nSPS) is 10.2. The van der Waals surface area contributed by atoms with E-state index < -0.39 is 0 Å². The molecule has 0 unspecified atom stereocenters. The van der Waals surface area contributed by atoms with Crippen LogP contribution in [0.1, 0.15) is 5.56 Å². The molecule has 1 aromatic heterocycles. The summed E-state index contributed by atoms with van der Waals surface area (Å²) in [5.41, 5.74) is 6.97. The van der Waals surface area contributed by atoms with Crippen molar-refractivity contribution < 1.29 is 9.47 Å². The van der Waals surface area contributed by atoms with Gasteiger partial charge in [0.2, 0.25) is 0 Å². The Labute approximate surface area is 122 Å². The van der Waals surface area contributed by atoms with E-state index in [-0.39, 0.29) is 0 Å². The molecule has 0 spiro atoms. The largest absolute Gasteiger partial charge is 0.497 e. The number of nitrogens with zero attached hydrogens (tertiary/aromatic N) is 2. The van der Waals surface area contributed by atoms with Gasteiger partial charge in [0, 0.05) is 24.2 Å². The molecule has 0 saturated heterocycles. The molecule has 2 N–H and O–H groups in total. The van der Waals surface area contributed by atoms with E-state index in [1.807, 2.05) is 18.2 Å². The molecule has 2 rings (SSSR count). The van der Waals surface area contributed by atoms with Gasteiger partial charge in [-0.2, -0.15) is 0 Å². The van der Waals surface area contributed by atoms with Gasteiger partial charge in [0.25, 0.3) is 0 Å². The number of anilines is 1.